The number of hydrogen-bond donors (Lipinski definition) is 1. The van der Waals surface area contributed by atoms with Gasteiger partial charge in [0.25, 0.3) is 0 Å². The molecule has 4 rings (SSSR count). The summed E-state index contributed by atoms with van der Waals surface area (Å²) in [6.07, 6.45) is 2.29. The van der Waals surface area contributed by atoms with Gasteiger partial charge in [-0.15, -0.1) is 0 Å². The van der Waals surface area contributed by atoms with Crippen molar-refractivity contribution < 1.29 is 14.6 Å². The Balaban J connectivity index is 1.74. The summed E-state index contributed by atoms with van der Waals surface area (Å²) in [5, 5.41) is 13.4. The second-order valence-electron chi connectivity index (χ2n) is 8.16. The van der Waals surface area contributed by atoms with Crippen LogP contribution in [0.15, 0.2) is 54.6 Å². The molecule has 1 aliphatic rings. The lowest BCUT2D eigenvalue weighted by molar-refractivity contribution is -0.118. The van der Waals surface area contributed by atoms with E-state index < -0.39 is 6.10 Å². The molecule has 1 saturated heterocycles. The Morgan fingerprint density at radius 1 is 1.03 bits per heavy atom. The fraction of sp³-hybridized carbons (Fsp3) is 0.385. The Kier molecular flexibility index (Phi) is 6.74. The number of aryl methyl sites for hydroxylation is 1. The predicted molar refractivity (Wildman–Crippen MR) is 122 cm³/mol. The zero-order valence-corrected chi connectivity index (χ0v) is 18.4. The minimum Gasteiger partial charge on any atom is -0.393 e. The van der Waals surface area contributed by atoms with E-state index in [-0.39, 0.29) is 12.2 Å². The highest BCUT2D eigenvalue weighted by atomic mass is 35.5. The first-order valence-electron chi connectivity index (χ1n) is 10.7. The lowest BCUT2D eigenvalue weighted by atomic mass is 9.90. The molecule has 3 atom stereocenters. The number of aliphatic hydroxyl groups is 1. The first-order valence-corrected chi connectivity index (χ1v) is 11.1. The number of fused-ring (bicyclic) bond motifs is 1. The molecule has 0 bridgehead atoms. The summed E-state index contributed by atoms with van der Waals surface area (Å²) < 4.78 is 11.6. The van der Waals surface area contributed by atoms with Crippen molar-refractivity contribution in [2.75, 3.05) is 13.7 Å². The topological polar surface area (TPSA) is 38.7 Å². The molecule has 1 unspecified atom stereocenters. The third kappa shape index (κ3) is 4.55. The van der Waals surface area contributed by atoms with Gasteiger partial charge in [-0.25, -0.2) is 0 Å². The smallest absolute Gasteiger partial charge is 0.0860 e. The summed E-state index contributed by atoms with van der Waals surface area (Å²) in [7, 11) is 1.67. The van der Waals surface area contributed by atoms with Gasteiger partial charge in [0.15, 0.2) is 0 Å². The molecule has 0 radical (unpaired) electrons. The maximum absolute atomic E-state index is 10.5. The number of methoxy groups -OCH3 is 1. The molecule has 0 spiro atoms. The number of aliphatic hydroxyl groups excluding tert-OH is 1. The van der Waals surface area contributed by atoms with Gasteiger partial charge in [0, 0.05) is 25.3 Å². The molecule has 3 nitrogen and oxygen atoms in total. The SMILES string of the molecule is CCc1ccc(Cc2cc([C@H]3C[C@@H](O)CC(COC)O3)c3ccccc3c2Cl)cc1. The molecule has 4 heteroatoms. The number of rotatable bonds is 6. The third-order valence-corrected chi connectivity index (χ3v) is 6.44. The van der Waals surface area contributed by atoms with Crippen molar-refractivity contribution in [1.29, 1.82) is 0 Å². The van der Waals surface area contributed by atoms with Crippen LogP contribution in [-0.4, -0.2) is 31.0 Å². The second kappa shape index (κ2) is 9.49. The van der Waals surface area contributed by atoms with Crippen LogP contribution in [0.25, 0.3) is 10.8 Å². The lowest BCUT2D eigenvalue weighted by Crippen LogP contribution is -2.34. The van der Waals surface area contributed by atoms with E-state index in [9.17, 15) is 5.11 Å². The van der Waals surface area contributed by atoms with Crippen LogP contribution in [0.2, 0.25) is 5.02 Å². The monoisotopic (exact) mass is 424 g/mol. The van der Waals surface area contributed by atoms with Gasteiger partial charge < -0.3 is 14.6 Å². The Morgan fingerprint density at radius 3 is 2.43 bits per heavy atom. The molecule has 1 N–H and O–H groups in total. The van der Waals surface area contributed by atoms with E-state index >= 15 is 0 Å². The van der Waals surface area contributed by atoms with Gasteiger partial charge in [-0.05, 0) is 40.5 Å². The molecular formula is C26H29ClO3. The minimum atomic E-state index is -0.400. The van der Waals surface area contributed by atoms with Crippen molar-refractivity contribution in [3.05, 3.63) is 81.9 Å². The molecule has 30 heavy (non-hydrogen) atoms. The average Bonchev–Trinajstić information content (AvgIpc) is 2.76. The fourth-order valence-electron chi connectivity index (χ4n) is 4.42. The summed E-state index contributed by atoms with van der Waals surface area (Å²) in [6, 6.07) is 19.1. The number of ether oxygens (including phenoxy) is 2. The van der Waals surface area contributed by atoms with Crippen LogP contribution in [0.1, 0.15) is 48.1 Å². The van der Waals surface area contributed by atoms with E-state index in [0.29, 0.717) is 19.4 Å². The van der Waals surface area contributed by atoms with Crippen LogP contribution in [0.3, 0.4) is 0 Å². The number of benzene rings is 3. The highest BCUT2D eigenvalue weighted by molar-refractivity contribution is 6.36. The number of halogens is 1. The Bertz CT molecular complexity index is 999. The van der Waals surface area contributed by atoms with Crippen molar-refractivity contribution in [3.8, 4) is 0 Å². The average molecular weight is 425 g/mol. The molecule has 0 saturated carbocycles. The zero-order chi connectivity index (χ0) is 21.1. The zero-order valence-electron chi connectivity index (χ0n) is 17.6. The fourth-order valence-corrected chi connectivity index (χ4v) is 4.71. The van der Waals surface area contributed by atoms with Gasteiger partial charge in [-0.1, -0.05) is 73.1 Å². The summed E-state index contributed by atoms with van der Waals surface area (Å²) in [5.74, 6) is 0. The minimum absolute atomic E-state index is 0.108. The highest BCUT2D eigenvalue weighted by Gasteiger charge is 2.31. The van der Waals surface area contributed by atoms with E-state index in [1.54, 1.807) is 7.11 Å². The summed E-state index contributed by atoms with van der Waals surface area (Å²) >= 11 is 6.86. The first kappa shape index (κ1) is 21.3. The van der Waals surface area contributed by atoms with E-state index in [1.807, 2.05) is 12.1 Å². The lowest BCUT2D eigenvalue weighted by Gasteiger charge is -2.34. The first-order chi connectivity index (χ1) is 14.6. The largest absolute Gasteiger partial charge is 0.393 e. The number of hydrogen-bond acceptors (Lipinski definition) is 3. The van der Waals surface area contributed by atoms with Crippen LogP contribution in [0.4, 0.5) is 0 Å². The van der Waals surface area contributed by atoms with Crippen molar-refractivity contribution >= 4 is 22.4 Å². The predicted octanol–water partition coefficient (Wildman–Crippen LogP) is 5.87. The quantitative estimate of drug-likeness (QED) is 0.537. The van der Waals surface area contributed by atoms with Gasteiger partial charge in [0.1, 0.15) is 0 Å². The van der Waals surface area contributed by atoms with Crippen LogP contribution in [0.5, 0.6) is 0 Å². The molecule has 1 aliphatic heterocycles. The van der Waals surface area contributed by atoms with E-state index in [4.69, 9.17) is 21.1 Å². The van der Waals surface area contributed by atoms with Crippen LogP contribution in [-0.2, 0) is 22.3 Å². The van der Waals surface area contributed by atoms with E-state index in [2.05, 4.69) is 49.4 Å². The Labute approximate surface area is 183 Å². The normalized spacial score (nSPS) is 21.8. The molecule has 1 fully saturated rings. The molecule has 1 heterocycles. The summed E-state index contributed by atoms with van der Waals surface area (Å²) in [5.41, 5.74) is 4.74. The van der Waals surface area contributed by atoms with Crippen LogP contribution >= 0.6 is 11.6 Å². The van der Waals surface area contributed by atoms with Gasteiger partial charge in [-0.3, -0.25) is 0 Å². The van der Waals surface area contributed by atoms with Gasteiger partial charge >= 0.3 is 0 Å². The molecule has 0 aliphatic carbocycles. The maximum Gasteiger partial charge on any atom is 0.0860 e. The standard InChI is InChI=1S/C26H29ClO3/c1-3-17-8-10-18(11-9-17)12-19-13-24(22-6-4-5-7-23(22)26(19)27)25-15-20(28)14-21(30-25)16-29-2/h4-11,13,20-21,25,28H,3,12,14-16H2,1-2H3/t20-,21?,25+/m0/s1. The molecular weight excluding hydrogens is 396 g/mol. The highest BCUT2D eigenvalue weighted by Crippen LogP contribution is 2.39. The van der Waals surface area contributed by atoms with Crippen LogP contribution in [0, 0.1) is 0 Å². The summed E-state index contributed by atoms with van der Waals surface area (Å²) in [4.78, 5) is 0. The van der Waals surface area contributed by atoms with Crippen LogP contribution < -0.4 is 0 Å². The molecule has 3 aromatic rings. The van der Waals surface area contributed by atoms with E-state index in [1.165, 1.54) is 11.1 Å². The van der Waals surface area contributed by atoms with E-state index in [0.717, 1.165) is 39.8 Å². The molecule has 158 valence electrons. The molecule has 0 aromatic heterocycles. The second-order valence-corrected chi connectivity index (χ2v) is 8.54. The Hall–Kier alpha value is -1.91. The van der Waals surface area contributed by atoms with Crippen molar-refractivity contribution in [1.82, 2.24) is 0 Å². The summed E-state index contributed by atoms with van der Waals surface area (Å²) in [6.45, 7) is 2.65. The Morgan fingerprint density at radius 2 is 1.73 bits per heavy atom. The van der Waals surface area contributed by atoms with Crippen molar-refractivity contribution in [2.24, 2.45) is 0 Å². The maximum atomic E-state index is 10.5. The van der Waals surface area contributed by atoms with Gasteiger partial charge in [-0.2, -0.15) is 0 Å². The van der Waals surface area contributed by atoms with Crippen molar-refractivity contribution in [2.45, 2.75) is 50.9 Å². The van der Waals surface area contributed by atoms with Gasteiger partial charge in [0.05, 0.1) is 29.9 Å². The van der Waals surface area contributed by atoms with Gasteiger partial charge in [0.2, 0.25) is 0 Å². The third-order valence-electron chi connectivity index (χ3n) is 5.99. The van der Waals surface area contributed by atoms with Crippen molar-refractivity contribution in [3.63, 3.8) is 0 Å². The molecule has 0 amide bonds. The molecule has 3 aromatic carbocycles.